The molecule has 0 saturated heterocycles. The number of benzene rings is 1. The van der Waals surface area contributed by atoms with Gasteiger partial charge in [-0.15, -0.1) is 0 Å². The van der Waals surface area contributed by atoms with E-state index in [2.05, 4.69) is 23.8 Å². The Morgan fingerprint density at radius 2 is 1.94 bits per heavy atom. The second-order valence-electron chi connectivity index (χ2n) is 4.36. The first-order valence-electron chi connectivity index (χ1n) is 6.11. The van der Waals surface area contributed by atoms with Crippen molar-refractivity contribution in [2.45, 2.75) is 32.6 Å². The van der Waals surface area contributed by atoms with Gasteiger partial charge >= 0.3 is 0 Å². The molecule has 0 unspecified atom stereocenters. The zero-order valence-corrected chi connectivity index (χ0v) is 10.1. The topological polar surface area (TPSA) is 47.1 Å². The van der Waals surface area contributed by atoms with Gasteiger partial charge in [0.1, 0.15) is 5.82 Å². The maximum Gasteiger partial charge on any atom is 0.231 e. The molecule has 0 saturated carbocycles. The van der Waals surface area contributed by atoms with Crippen LogP contribution < -0.4 is 9.47 Å². The molecule has 17 heavy (non-hydrogen) atoms. The van der Waals surface area contributed by atoms with Crippen molar-refractivity contribution in [2.75, 3.05) is 6.79 Å². The molecule has 0 fully saturated rings. The molecule has 90 valence electrons. The van der Waals surface area contributed by atoms with Crippen LogP contribution in [0.25, 0.3) is 11.0 Å². The maximum atomic E-state index is 5.36. The van der Waals surface area contributed by atoms with Gasteiger partial charge in [-0.05, 0) is 12.8 Å². The van der Waals surface area contributed by atoms with Crippen molar-refractivity contribution in [1.29, 1.82) is 0 Å². The van der Waals surface area contributed by atoms with Gasteiger partial charge in [0.15, 0.2) is 11.5 Å². The van der Waals surface area contributed by atoms with Gasteiger partial charge in [0.2, 0.25) is 6.79 Å². The van der Waals surface area contributed by atoms with Gasteiger partial charge in [-0.3, -0.25) is 0 Å². The molecule has 0 spiro atoms. The fourth-order valence-electron chi connectivity index (χ4n) is 2.29. The van der Waals surface area contributed by atoms with Crippen molar-refractivity contribution in [1.82, 2.24) is 9.97 Å². The standard InChI is InChI=1S/C13H16N2O2/c1-3-8(4-2)13-14-9-5-11-12(17-7-16-11)6-10(9)15-13/h5-6,8H,3-4,7H2,1-2H3,(H,14,15). The molecule has 1 aliphatic rings. The van der Waals surface area contributed by atoms with E-state index in [1.807, 2.05) is 12.1 Å². The minimum absolute atomic E-state index is 0.307. The Hall–Kier alpha value is -1.71. The van der Waals surface area contributed by atoms with E-state index < -0.39 is 0 Å². The Labute approximate surface area is 100.0 Å². The van der Waals surface area contributed by atoms with Gasteiger partial charge in [-0.25, -0.2) is 4.98 Å². The van der Waals surface area contributed by atoms with Crippen LogP contribution in [0.5, 0.6) is 11.5 Å². The summed E-state index contributed by atoms with van der Waals surface area (Å²) in [6, 6.07) is 3.91. The summed E-state index contributed by atoms with van der Waals surface area (Å²) in [5.41, 5.74) is 1.98. The van der Waals surface area contributed by atoms with Crippen molar-refractivity contribution < 1.29 is 9.47 Å². The highest BCUT2D eigenvalue weighted by atomic mass is 16.7. The SMILES string of the molecule is CCC(CC)c1nc2cc3c(cc2[nH]1)OCO3. The number of imidazole rings is 1. The number of aromatic amines is 1. The molecule has 0 bridgehead atoms. The zero-order chi connectivity index (χ0) is 11.8. The lowest BCUT2D eigenvalue weighted by atomic mass is 10.0. The summed E-state index contributed by atoms with van der Waals surface area (Å²) >= 11 is 0. The van der Waals surface area contributed by atoms with Crippen LogP contribution in [0, 0.1) is 0 Å². The predicted octanol–water partition coefficient (Wildman–Crippen LogP) is 3.20. The monoisotopic (exact) mass is 232 g/mol. The molecule has 4 nitrogen and oxygen atoms in total. The highest BCUT2D eigenvalue weighted by Gasteiger charge is 2.18. The summed E-state index contributed by atoms with van der Waals surface area (Å²) in [4.78, 5) is 8.02. The highest BCUT2D eigenvalue weighted by Crippen LogP contribution is 2.36. The number of hydrogen-bond acceptors (Lipinski definition) is 3. The van der Waals surface area contributed by atoms with E-state index in [9.17, 15) is 0 Å². The molecule has 1 N–H and O–H groups in total. The Morgan fingerprint density at radius 1 is 1.24 bits per heavy atom. The van der Waals surface area contributed by atoms with Crippen molar-refractivity contribution in [3.8, 4) is 11.5 Å². The molecule has 2 aromatic rings. The molecule has 0 aliphatic carbocycles. The number of aromatic nitrogens is 2. The Balaban J connectivity index is 2.07. The third kappa shape index (κ3) is 1.64. The lowest BCUT2D eigenvalue weighted by Crippen LogP contribution is -1.97. The minimum atomic E-state index is 0.307. The van der Waals surface area contributed by atoms with Crippen LogP contribution in [0.4, 0.5) is 0 Å². The van der Waals surface area contributed by atoms with Gasteiger partial charge in [-0.1, -0.05) is 13.8 Å². The number of fused-ring (bicyclic) bond motifs is 2. The third-order valence-electron chi connectivity index (χ3n) is 3.37. The largest absolute Gasteiger partial charge is 0.454 e. The summed E-state index contributed by atoms with van der Waals surface area (Å²) in [7, 11) is 0. The normalized spacial score (nSPS) is 13.8. The summed E-state index contributed by atoms with van der Waals surface area (Å²) in [6.45, 7) is 4.68. The van der Waals surface area contributed by atoms with Gasteiger partial charge < -0.3 is 14.5 Å². The average Bonchev–Trinajstić information content (AvgIpc) is 2.92. The Morgan fingerprint density at radius 3 is 2.65 bits per heavy atom. The summed E-state index contributed by atoms with van der Waals surface area (Å²) in [6.07, 6.45) is 2.20. The third-order valence-corrected chi connectivity index (χ3v) is 3.37. The van der Waals surface area contributed by atoms with Crippen LogP contribution in [0.2, 0.25) is 0 Å². The van der Waals surface area contributed by atoms with Gasteiger partial charge in [0.05, 0.1) is 11.0 Å². The first-order valence-corrected chi connectivity index (χ1v) is 6.11. The first kappa shape index (κ1) is 10.4. The first-order chi connectivity index (χ1) is 8.31. The van der Waals surface area contributed by atoms with E-state index in [4.69, 9.17) is 9.47 Å². The lowest BCUT2D eigenvalue weighted by molar-refractivity contribution is 0.174. The molecule has 4 heteroatoms. The molecular formula is C13H16N2O2. The van der Waals surface area contributed by atoms with Crippen LogP contribution in [-0.2, 0) is 0 Å². The molecule has 2 heterocycles. The van der Waals surface area contributed by atoms with Gasteiger partial charge in [-0.2, -0.15) is 0 Å². The number of rotatable bonds is 3. The van der Waals surface area contributed by atoms with Gasteiger partial charge in [0.25, 0.3) is 0 Å². The van der Waals surface area contributed by atoms with Crippen molar-refractivity contribution in [3.05, 3.63) is 18.0 Å². The van der Waals surface area contributed by atoms with Crippen LogP contribution in [0.3, 0.4) is 0 Å². The molecule has 0 radical (unpaired) electrons. The molecule has 0 amide bonds. The quantitative estimate of drug-likeness (QED) is 0.884. The maximum absolute atomic E-state index is 5.36. The van der Waals surface area contributed by atoms with Crippen LogP contribution in [-0.4, -0.2) is 16.8 Å². The van der Waals surface area contributed by atoms with Crippen molar-refractivity contribution in [2.24, 2.45) is 0 Å². The molecule has 3 rings (SSSR count). The number of nitrogens with zero attached hydrogens (tertiary/aromatic N) is 1. The molecular weight excluding hydrogens is 216 g/mol. The minimum Gasteiger partial charge on any atom is -0.454 e. The number of H-pyrrole nitrogens is 1. The van der Waals surface area contributed by atoms with Gasteiger partial charge in [0, 0.05) is 18.1 Å². The van der Waals surface area contributed by atoms with E-state index in [0.717, 1.165) is 41.2 Å². The van der Waals surface area contributed by atoms with Crippen molar-refractivity contribution >= 4 is 11.0 Å². The molecule has 0 atom stereocenters. The van der Waals surface area contributed by atoms with E-state index in [1.165, 1.54) is 0 Å². The average molecular weight is 232 g/mol. The fourth-order valence-corrected chi connectivity index (χ4v) is 2.29. The second kappa shape index (κ2) is 3.95. The number of nitrogens with one attached hydrogen (secondary N) is 1. The van der Waals surface area contributed by atoms with E-state index in [0.29, 0.717) is 12.7 Å². The molecule has 1 aliphatic heterocycles. The Kier molecular flexibility index (Phi) is 2.42. The summed E-state index contributed by atoms with van der Waals surface area (Å²) in [5, 5.41) is 0. The smallest absolute Gasteiger partial charge is 0.231 e. The lowest BCUT2D eigenvalue weighted by Gasteiger charge is -2.07. The molecule has 1 aromatic carbocycles. The van der Waals surface area contributed by atoms with E-state index in [-0.39, 0.29) is 0 Å². The fraction of sp³-hybridized carbons (Fsp3) is 0.462. The molecule has 1 aromatic heterocycles. The van der Waals surface area contributed by atoms with Crippen LogP contribution in [0.1, 0.15) is 38.4 Å². The van der Waals surface area contributed by atoms with Crippen molar-refractivity contribution in [3.63, 3.8) is 0 Å². The number of ether oxygens (including phenoxy) is 2. The highest BCUT2D eigenvalue weighted by molar-refractivity contribution is 5.80. The Bertz CT molecular complexity index is 503. The number of hydrogen-bond donors (Lipinski definition) is 1. The second-order valence-corrected chi connectivity index (χ2v) is 4.36. The summed E-state index contributed by atoms with van der Waals surface area (Å²) in [5.74, 6) is 3.16. The van der Waals surface area contributed by atoms with Crippen LogP contribution in [0.15, 0.2) is 12.1 Å². The van der Waals surface area contributed by atoms with E-state index in [1.54, 1.807) is 0 Å². The van der Waals surface area contributed by atoms with Crippen LogP contribution >= 0.6 is 0 Å². The zero-order valence-electron chi connectivity index (χ0n) is 10.1. The van der Waals surface area contributed by atoms with E-state index >= 15 is 0 Å². The summed E-state index contributed by atoms with van der Waals surface area (Å²) < 4.78 is 10.7. The predicted molar refractivity (Wildman–Crippen MR) is 65.5 cm³/mol.